The molecule has 0 aliphatic carbocycles. The lowest BCUT2D eigenvalue weighted by Gasteiger charge is -2.27. The van der Waals surface area contributed by atoms with Gasteiger partial charge in [-0.15, -0.1) is 0 Å². The van der Waals surface area contributed by atoms with E-state index in [1.54, 1.807) is 0 Å². The Morgan fingerprint density at radius 1 is 1.39 bits per heavy atom. The number of ether oxygens (including phenoxy) is 1. The van der Waals surface area contributed by atoms with Crippen molar-refractivity contribution in [1.82, 2.24) is 9.78 Å². The SMILES string of the molecule is CC(C)n1ccc(NC2CC(C)(C)OC2(C)C)n1. The molecule has 18 heavy (non-hydrogen) atoms. The zero-order chi connectivity index (χ0) is 13.6. The second-order valence-corrected chi connectivity index (χ2v) is 6.64. The average molecular weight is 251 g/mol. The van der Waals surface area contributed by atoms with Crippen molar-refractivity contribution in [2.24, 2.45) is 0 Å². The number of nitrogens with one attached hydrogen (secondary N) is 1. The highest BCUT2D eigenvalue weighted by molar-refractivity contribution is 5.35. The van der Waals surface area contributed by atoms with Gasteiger partial charge >= 0.3 is 0 Å². The summed E-state index contributed by atoms with van der Waals surface area (Å²) >= 11 is 0. The van der Waals surface area contributed by atoms with E-state index in [0.29, 0.717) is 12.1 Å². The molecule has 1 saturated heterocycles. The minimum atomic E-state index is -0.162. The molecule has 1 aromatic heterocycles. The normalized spacial score (nSPS) is 25.6. The smallest absolute Gasteiger partial charge is 0.148 e. The van der Waals surface area contributed by atoms with Gasteiger partial charge < -0.3 is 10.1 Å². The standard InChI is InChI=1S/C14H25N3O/c1-10(2)17-8-7-12(16-17)15-11-9-13(3,4)18-14(11,5)6/h7-8,10-11H,9H2,1-6H3,(H,15,16). The number of hydrogen-bond donors (Lipinski definition) is 1. The minimum Gasteiger partial charge on any atom is -0.367 e. The van der Waals surface area contributed by atoms with Crippen molar-refractivity contribution in [1.29, 1.82) is 0 Å². The lowest BCUT2D eigenvalue weighted by Crippen LogP contribution is -2.38. The Morgan fingerprint density at radius 3 is 2.50 bits per heavy atom. The largest absolute Gasteiger partial charge is 0.367 e. The van der Waals surface area contributed by atoms with Crippen molar-refractivity contribution < 1.29 is 4.74 Å². The van der Waals surface area contributed by atoms with Crippen LogP contribution in [-0.2, 0) is 4.74 Å². The molecule has 102 valence electrons. The molecule has 0 spiro atoms. The molecule has 1 aromatic rings. The van der Waals surface area contributed by atoms with Crippen LogP contribution < -0.4 is 5.32 Å². The van der Waals surface area contributed by atoms with E-state index in [-0.39, 0.29) is 11.2 Å². The van der Waals surface area contributed by atoms with E-state index in [2.05, 4.69) is 52.0 Å². The van der Waals surface area contributed by atoms with Crippen molar-refractivity contribution in [3.63, 3.8) is 0 Å². The molecule has 1 N–H and O–H groups in total. The third-order valence-corrected chi connectivity index (χ3v) is 3.53. The second kappa shape index (κ2) is 4.26. The monoisotopic (exact) mass is 251 g/mol. The van der Waals surface area contributed by atoms with Gasteiger partial charge in [-0.25, -0.2) is 0 Å². The van der Waals surface area contributed by atoms with Crippen LogP contribution >= 0.6 is 0 Å². The molecule has 4 nitrogen and oxygen atoms in total. The highest BCUT2D eigenvalue weighted by Gasteiger charge is 2.46. The van der Waals surface area contributed by atoms with Crippen molar-refractivity contribution in [2.45, 2.75) is 71.2 Å². The molecule has 4 heteroatoms. The first-order valence-corrected chi connectivity index (χ1v) is 6.71. The van der Waals surface area contributed by atoms with Crippen molar-refractivity contribution in [3.05, 3.63) is 12.3 Å². The maximum absolute atomic E-state index is 6.08. The third kappa shape index (κ3) is 2.69. The van der Waals surface area contributed by atoms with Crippen LogP contribution in [0.25, 0.3) is 0 Å². The first kappa shape index (κ1) is 13.4. The summed E-state index contributed by atoms with van der Waals surface area (Å²) in [5.41, 5.74) is -0.229. The van der Waals surface area contributed by atoms with Crippen molar-refractivity contribution >= 4 is 5.82 Å². The van der Waals surface area contributed by atoms with Crippen molar-refractivity contribution in [2.75, 3.05) is 5.32 Å². The molecule has 1 aliphatic heterocycles. The maximum atomic E-state index is 6.08. The number of hydrogen-bond acceptors (Lipinski definition) is 3. The molecule has 1 fully saturated rings. The van der Waals surface area contributed by atoms with Gasteiger partial charge in [-0.2, -0.15) is 5.10 Å². The van der Waals surface area contributed by atoms with Crippen LogP contribution in [0.15, 0.2) is 12.3 Å². The van der Waals surface area contributed by atoms with E-state index in [4.69, 9.17) is 4.74 Å². The Hall–Kier alpha value is -1.03. The topological polar surface area (TPSA) is 39.1 Å². The molecule has 1 aliphatic rings. The molecular formula is C14H25N3O. The van der Waals surface area contributed by atoms with Gasteiger partial charge in [-0.3, -0.25) is 4.68 Å². The second-order valence-electron chi connectivity index (χ2n) is 6.64. The van der Waals surface area contributed by atoms with Crippen LogP contribution in [0.5, 0.6) is 0 Å². The van der Waals surface area contributed by atoms with Crippen LogP contribution in [-0.4, -0.2) is 27.0 Å². The summed E-state index contributed by atoms with van der Waals surface area (Å²) in [4.78, 5) is 0. The summed E-state index contributed by atoms with van der Waals surface area (Å²) in [5.74, 6) is 0.933. The number of anilines is 1. The Bertz CT molecular complexity index is 420. The summed E-state index contributed by atoms with van der Waals surface area (Å²) < 4.78 is 8.05. The third-order valence-electron chi connectivity index (χ3n) is 3.53. The molecule has 0 bridgehead atoms. The molecule has 0 saturated carbocycles. The fourth-order valence-electron chi connectivity index (χ4n) is 2.67. The summed E-state index contributed by atoms with van der Waals surface area (Å²) in [5, 5.41) is 8.04. The van der Waals surface area contributed by atoms with Gasteiger partial charge in [0, 0.05) is 18.3 Å². The van der Waals surface area contributed by atoms with Crippen LogP contribution in [0.2, 0.25) is 0 Å². The Labute approximate surface area is 110 Å². The van der Waals surface area contributed by atoms with Crippen molar-refractivity contribution in [3.8, 4) is 0 Å². The van der Waals surface area contributed by atoms with E-state index in [1.807, 2.05) is 16.9 Å². The highest BCUT2D eigenvalue weighted by Crippen LogP contribution is 2.38. The zero-order valence-electron chi connectivity index (χ0n) is 12.3. The van der Waals surface area contributed by atoms with Gasteiger partial charge in [0.1, 0.15) is 5.82 Å². The molecule has 0 amide bonds. The van der Waals surface area contributed by atoms with Gasteiger partial charge in [-0.1, -0.05) is 0 Å². The molecule has 2 rings (SSSR count). The Balaban J connectivity index is 2.09. The molecule has 1 unspecified atom stereocenters. The molecule has 2 heterocycles. The van der Waals surface area contributed by atoms with E-state index in [1.165, 1.54) is 0 Å². The number of nitrogens with zero attached hydrogens (tertiary/aromatic N) is 2. The zero-order valence-corrected chi connectivity index (χ0v) is 12.3. The van der Waals surface area contributed by atoms with Crippen LogP contribution in [0.4, 0.5) is 5.82 Å². The van der Waals surface area contributed by atoms with E-state index < -0.39 is 0 Å². The summed E-state index contributed by atoms with van der Waals surface area (Å²) in [6.07, 6.45) is 3.01. The van der Waals surface area contributed by atoms with Gasteiger partial charge in [-0.05, 0) is 48.0 Å². The number of rotatable bonds is 3. The first-order chi connectivity index (χ1) is 8.20. The van der Waals surface area contributed by atoms with E-state index >= 15 is 0 Å². The Kier molecular flexibility index (Phi) is 3.18. The molecule has 1 atom stereocenters. The summed E-state index contributed by atoms with van der Waals surface area (Å²) in [6, 6.07) is 2.72. The molecular weight excluding hydrogens is 226 g/mol. The Morgan fingerprint density at radius 2 is 2.06 bits per heavy atom. The maximum Gasteiger partial charge on any atom is 0.148 e. The lowest BCUT2D eigenvalue weighted by atomic mass is 9.94. The van der Waals surface area contributed by atoms with Gasteiger partial charge in [0.2, 0.25) is 0 Å². The quantitative estimate of drug-likeness (QED) is 0.896. The van der Waals surface area contributed by atoms with Crippen LogP contribution in [0, 0.1) is 0 Å². The van der Waals surface area contributed by atoms with E-state index in [0.717, 1.165) is 12.2 Å². The first-order valence-electron chi connectivity index (χ1n) is 6.71. The average Bonchev–Trinajstić information content (AvgIpc) is 2.69. The predicted octanol–water partition coefficient (Wildman–Crippen LogP) is 3.22. The number of aromatic nitrogens is 2. The lowest BCUT2D eigenvalue weighted by molar-refractivity contribution is -0.0662. The van der Waals surface area contributed by atoms with Gasteiger partial charge in [0.25, 0.3) is 0 Å². The minimum absolute atomic E-state index is 0.0677. The van der Waals surface area contributed by atoms with Gasteiger partial charge in [0.15, 0.2) is 0 Å². The highest BCUT2D eigenvalue weighted by atomic mass is 16.5. The fourth-order valence-corrected chi connectivity index (χ4v) is 2.67. The predicted molar refractivity (Wildman–Crippen MR) is 73.9 cm³/mol. The van der Waals surface area contributed by atoms with Gasteiger partial charge in [0.05, 0.1) is 17.2 Å². The van der Waals surface area contributed by atoms with E-state index in [9.17, 15) is 0 Å². The summed E-state index contributed by atoms with van der Waals surface area (Å²) in [7, 11) is 0. The molecule has 0 aromatic carbocycles. The summed E-state index contributed by atoms with van der Waals surface area (Å²) in [6.45, 7) is 12.8. The van der Waals surface area contributed by atoms with Crippen LogP contribution in [0.3, 0.4) is 0 Å². The van der Waals surface area contributed by atoms with Crippen LogP contribution in [0.1, 0.15) is 54.0 Å². The fraction of sp³-hybridized carbons (Fsp3) is 0.786. The molecule has 0 radical (unpaired) electrons.